The Hall–Kier alpha value is 0.179. The molecule has 0 aliphatic carbocycles. The van der Waals surface area contributed by atoms with Crippen LogP contribution in [-0.2, 0) is 26.7 Å². The normalized spacial score (nSPS) is 1.56. The summed E-state index contributed by atoms with van der Waals surface area (Å²) in [4.78, 5) is 30.2. The molecule has 0 heterocycles. The molecule has 0 aliphatic rings. The van der Waals surface area contributed by atoms with Gasteiger partial charge in [-0.15, -0.1) is 0 Å². The topological polar surface area (TPSA) is 116 Å². The molecule has 6 nitrogen and oxygen atoms in total. The minimum absolute atomic E-state index is 0. The SMILES string of the molecule is N#N.O=C=O.O=O.[312Fe].[Ar]. The van der Waals surface area contributed by atoms with Crippen LogP contribution < -0.4 is 0 Å². The molecule has 0 aromatic carbocycles. The van der Waals surface area contributed by atoms with Crippen LogP contribution in [0.2, 0.25) is 0 Å². The van der Waals surface area contributed by atoms with Gasteiger partial charge in [-0.2, -0.15) is 9.59 Å². The van der Waals surface area contributed by atoms with E-state index in [9.17, 15) is 0 Å². The summed E-state index contributed by atoms with van der Waals surface area (Å²) in [5.74, 6) is 0. The van der Waals surface area contributed by atoms with Crippen LogP contribution >= 0.6 is 0 Å². The summed E-state index contributed by atoms with van der Waals surface area (Å²) >= 11 is 0. The summed E-state index contributed by atoms with van der Waals surface area (Å²) in [6.07, 6.45) is 0.250. The quantitative estimate of drug-likeness (QED) is 0.359. The second-order valence-electron chi connectivity index (χ2n) is 0.0833. The van der Waals surface area contributed by atoms with E-state index in [0.29, 0.717) is 0 Å². The van der Waals surface area contributed by atoms with Crippen LogP contribution in [0.4, 0.5) is 0 Å². The van der Waals surface area contributed by atoms with E-state index in [2.05, 4.69) is 0 Å². The van der Waals surface area contributed by atoms with Crippen molar-refractivity contribution in [2.45, 2.75) is 0 Å². The molecule has 0 radical (unpaired) electrons. The first kappa shape index (κ1) is 35.2. The van der Waals surface area contributed by atoms with Crippen LogP contribution in [0.15, 0.2) is 0 Å². The maximum atomic E-state index is 8.12. The Kier molecular flexibility index (Phi) is 1180. The van der Waals surface area contributed by atoms with Gasteiger partial charge >= 0.3 is 6.15 Å². The first-order valence-corrected chi connectivity index (χ1v) is 0.775. The number of rotatable bonds is 0. The van der Waals surface area contributed by atoms with Gasteiger partial charge in [-0.1, -0.05) is 0 Å². The van der Waals surface area contributed by atoms with Gasteiger partial charge in [0.05, 0.1) is 0 Å². The van der Waals surface area contributed by atoms with E-state index in [0.717, 1.165) is 0 Å². The predicted octanol–water partition coefficient (Wildman–Crippen LogP) is -0.489. The molecule has 0 aromatic rings. The Bertz CT molecular complexity index is 70.2. The minimum Gasteiger partial charge on any atom is -0.186 e. The summed E-state index contributed by atoms with van der Waals surface area (Å²) in [6.45, 7) is 0. The van der Waals surface area contributed by atoms with Crippen molar-refractivity contribution in [2.24, 2.45) is 0 Å². The van der Waals surface area contributed by atoms with Gasteiger partial charge in [0, 0.05) is 75.5 Å². The predicted molar refractivity (Wildman–Crippen MR) is 15.2 cm³/mol. The number of carbonyl (C=O) groups excluding carboxylic acids is 2. The molecule has 0 aliphatic heterocycles. The van der Waals surface area contributed by atoms with Crippen molar-refractivity contribution in [2.75, 3.05) is 0 Å². The largest absolute Gasteiger partial charge is 0.373 e. The van der Waals surface area contributed by atoms with Crippen molar-refractivity contribution in [1.29, 1.82) is 10.8 Å². The maximum absolute atomic E-state index is 8.12. The molecule has 8 heteroatoms. The van der Waals surface area contributed by atoms with Crippen LogP contribution in [0.1, 0.15) is 0 Å². The van der Waals surface area contributed by atoms with Gasteiger partial charge in [0.1, 0.15) is 0 Å². The van der Waals surface area contributed by atoms with Crippen molar-refractivity contribution in [3.05, 3.63) is 9.93 Å². The molecule has 0 rings (SSSR count). The molecule has 0 N–H and O–H groups in total. The molecule has 54 valence electrons. The van der Waals surface area contributed by atoms with Crippen molar-refractivity contribution < 1.29 is 64.4 Å². The van der Waals surface area contributed by atoms with Gasteiger partial charge in [0.25, 0.3) is 0 Å². The Morgan fingerprint density at radius 2 is 1.00 bits per heavy atom. The molecule has 0 saturated carbocycles. The van der Waals surface area contributed by atoms with Crippen LogP contribution in [-0.4, -0.2) is 6.15 Å². The fourth-order valence-corrected chi connectivity index (χ4v) is 0. The molecule has 9 heavy (non-hydrogen) atoms. The average molecular weight is 456 g/mol. The average Bonchev–Trinajstić information content (AvgIpc) is 1.78. The van der Waals surface area contributed by atoms with E-state index in [1.807, 2.05) is 0 Å². The van der Waals surface area contributed by atoms with Gasteiger partial charge in [-0.05, 0) is 0 Å². The molecule has 0 bridgehead atoms. The molecule has 0 fully saturated rings. The van der Waals surface area contributed by atoms with Crippen LogP contribution in [0, 0.1) is 58.5 Å². The van der Waals surface area contributed by atoms with Crippen LogP contribution in [0.5, 0.6) is 0 Å². The third-order valence-electron chi connectivity index (χ3n) is 0. The molecule has 0 atom stereocenters. The zero-order chi connectivity index (χ0) is 6.71. The van der Waals surface area contributed by atoms with E-state index in [-0.39, 0.29) is 61.0 Å². The van der Waals surface area contributed by atoms with Gasteiger partial charge in [0.2, 0.25) is 0 Å². The second-order valence-corrected chi connectivity index (χ2v) is 0.0833. The molecular formula is CArFeN2O4. The van der Waals surface area contributed by atoms with E-state index in [4.69, 9.17) is 30.3 Å². The Morgan fingerprint density at radius 1 is 1.00 bits per heavy atom. The van der Waals surface area contributed by atoms with Crippen LogP contribution in [0.25, 0.3) is 0 Å². The zero-order valence-corrected chi connectivity index (χ0v) is 5.55. The van der Waals surface area contributed by atoms with E-state index >= 15 is 0 Å². The summed E-state index contributed by atoms with van der Waals surface area (Å²) in [7, 11) is 0. The Morgan fingerprint density at radius 3 is 1.00 bits per heavy atom. The monoisotopic (exact) mass is 456 g/mol. The summed E-state index contributed by atoms with van der Waals surface area (Å²) < 4.78 is 0. The van der Waals surface area contributed by atoms with Crippen molar-refractivity contribution in [1.82, 2.24) is 0 Å². The molecule has 0 saturated heterocycles. The number of hydrogen-bond donors (Lipinski definition) is 0. The van der Waals surface area contributed by atoms with Crippen molar-refractivity contribution >= 4 is 6.15 Å². The fraction of sp³-hybridized carbons (Fsp3) is 0. The molecule has 0 amide bonds. The molecule has 0 spiro atoms. The van der Waals surface area contributed by atoms with Gasteiger partial charge in [0.15, 0.2) is 0 Å². The summed E-state index contributed by atoms with van der Waals surface area (Å²) in [6, 6.07) is 0. The Labute approximate surface area is 90.5 Å². The van der Waals surface area contributed by atoms with E-state index < -0.39 is 0 Å². The van der Waals surface area contributed by atoms with E-state index in [1.54, 1.807) is 0 Å². The third-order valence-corrected chi connectivity index (χ3v) is 0. The third kappa shape index (κ3) is 9720. The second kappa shape index (κ2) is 303. The van der Waals surface area contributed by atoms with Crippen LogP contribution in [0.3, 0.4) is 0 Å². The zero-order valence-electron chi connectivity index (χ0n) is 3.73. The minimum atomic E-state index is 0. The number of hydrogen-bond acceptors (Lipinski definition) is 6. The standard InChI is InChI=1S/CO2.Ar.Fe.N2.O2/c2-1-3;;;2*1-2/i;;1-39;;. The van der Waals surface area contributed by atoms with Gasteiger partial charge in [-0.3, -0.25) is 0 Å². The Balaban J connectivity index is -0.00000000825. The molecule has 0 aromatic heterocycles. The van der Waals surface area contributed by atoms with Crippen molar-refractivity contribution in [3.63, 3.8) is 0 Å². The first-order chi connectivity index (χ1) is 3.41. The summed E-state index contributed by atoms with van der Waals surface area (Å²) in [5.41, 5.74) is 0. The van der Waals surface area contributed by atoms with Gasteiger partial charge in [-0.25, -0.2) is 0 Å². The first-order valence-electron chi connectivity index (χ1n) is 0.775. The smallest absolute Gasteiger partial charge is 0.186 e. The molecule has 0 unspecified atom stereocenters. The van der Waals surface area contributed by atoms with E-state index in [1.165, 1.54) is 0 Å². The fourth-order valence-electron chi connectivity index (χ4n) is 0. The number of nitrogens with zero attached hydrogens (tertiary/aromatic N) is 2. The summed E-state index contributed by atoms with van der Waals surface area (Å²) in [5, 5.41) is 12.0. The molecular weight excluding hydrogens is 456 g/mol. The maximum Gasteiger partial charge on any atom is 0.373 e. The van der Waals surface area contributed by atoms with Gasteiger partial charge < -0.3 is 0 Å². The van der Waals surface area contributed by atoms with Crippen molar-refractivity contribution in [3.8, 4) is 0 Å².